The number of hydrogen-bond donors (Lipinski definition) is 2. The van der Waals surface area contributed by atoms with Crippen molar-refractivity contribution in [2.24, 2.45) is 5.73 Å². The van der Waals surface area contributed by atoms with Crippen LogP contribution in [0.2, 0.25) is 0 Å². The van der Waals surface area contributed by atoms with Crippen molar-refractivity contribution >= 4 is 0 Å². The maximum Gasteiger partial charge on any atom is 0.0746 e. The van der Waals surface area contributed by atoms with Crippen molar-refractivity contribution in [2.45, 2.75) is 57.2 Å². The van der Waals surface area contributed by atoms with Gasteiger partial charge in [0.1, 0.15) is 0 Å². The third kappa shape index (κ3) is 3.95. The smallest absolute Gasteiger partial charge is 0.0746 e. The summed E-state index contributed by atoms with van der Waals surface area (Å²) in [5.74, 6) is 0. The van der Waals surface area contributed by atoms with E-state index < -0.39 is 0 Å². The van der Waals surface area contributed by atoms with Crippen molar-refractivity contribution in [3.63, 3.8) is 0 Å². The third-order valence-electron chi connectivity index (χ3n) is 3.14. The minimum atomic E-state index is -0.0560. The Balaban J connectivity index is 2.19. The van der Waals surface area contributed by atoms with E-state index in [9.17, 15) is 0 Å². The van der Waals surface area contributed by atoms with Crippen molar-refractivity contribution in [3.05, 3.63) is 0 Å². The van der Waals surface area contributed by atoms with Crippen molar-refractivity contribution in [1.29, 1.82) is 0 Å². The molecular formula is C11H24N2O. The molecule has 1 saturated carbocycles. The molecule has 0 saturated heterocycles. The van der Waals surface area contributed by atoms with Gasteiger partial charge in [-0.25, -0.2) is 0 Å². The zero-order chi connectivity index (χ0) is 10.6. The lowest BCUT2D eigenvalue weighted by Crippen LogP contribution is -2.44. The van der Waals surface area contributed by atoms with Crippen LogP contribution in [0.25, 0.3) is 0 Å². The highest BCUT2D eigenvalue weighted by Crippen LogP contribution is 2.17. The lowest BCUT2D eigenvalue weighted by Gasteiger charge is -2.31. The standard InChI is InChI=1S/C11H24N2O/c1-11(2,14-3)8-13-10-6-4-9(12)5-7-10/h9-10,13H,4-8,12H2,1-3H3. The van der Waals surface area contributed by atoms with Gasteiger partial charge in [-0.05, 0) is 39.5 Å². The fourth-order valence-corrected chi connectivity index (χ4v) is 1.79. The molecule has 0 amide bonds. The monoisotopic (exact) mass is 200 g/mol. The van der Waals surface area contributed by atoms with Crippen molar-refractivity contribution < 1.29 is 4.74 Å². The second kappa shape index (κ2) is 5.10. The summed E-state index contributed by atoms with van der Waals surface area (Å²) in [5.41, 5.74) is 5.80. The Kier molecular flexibility index (Phi) is 4.35. The van der Waals surface area contributed by atoms with Gasteiger partial charge in [-0.2, -0.15) is 0 Å². The Morgan fingerprint density at radius 3 is 2.36 bits per heavy atom. The molecule has 0 aromatic rings. The first-order chi connectivity index (χ1) is 6.53. The molecule has 0 aromatic heterocycles. The quantitative estimate of drug-likeness (QED) is 0.718. The molecule has 0 unspecified atom stereocenters. The summed E-state index contributed by atoms with van der Waals surface area (Å²) in [7, 11) is 1.76. The molecule has 0 aliphatic heterocycles. The molecule has 1 rings (SSSR count). The number of nitrogens with one attached hydrogen (secondary N) is 1. The van der Waals surface area contributed by atoms with Crippen molar-refractivity contribution in [2.75, 3.05) is 13.7 Å². The van der Waals surface area contributed by atoms with Crippen LogP contribution in [0.15, 0.2) is 0 Å². The summed E-state index contributed by atoms with van der Waals surface area (Å²) in [4.78, 5) is 0. The molecule has 84 valence electrons. The molecule has 0 spiro atoms. The van der Waals surface area contributed by atoms with E-state index >= 15 is 0 Å². The number of rotatable bonds is 4. The molecule has 0 aromatic carbocycles. The molecule has 3 nitrogen and oxygen atoms in total. The van der Waals surface area contributed by atoms with E-state index in [0.29, 0.717) is 12.1 Å². The summed E-state index contributed by atoms with van der Waals surface area (Å²) >= 11 is 0. The van der Waals surface area contributed by atoms with Gasteiger partial charge >= 0.3 is 0 Å². The third-order valence-corrected chi connectivity index (χ3v) is 3.14. The van der Waals surface area contributed by atoms with Crippen LogP contribution in [0.1, 0.15) is 39.5 Å². The fourth-order valence-electron chi connectivity index (χ4n) is 1.79. The van der Waals surface area contributed by atoms with E-state index in [-0.39, 0.29) is 5.60 Å². The molecule has 3 heteroatoms. The van der Waals surface area contributed by atoms with Crippen molar-refractivity contribution in [1.82, 2.24) is 5.32 Å². The summed E-state index contributed by atoms with van der Waals surface area (Å²) in [6.07, 6.45) is 4.73. The minimum Gasteiger partial charge on any atom is -0.377 e. The second-order valence-electron chi connectivity index (χ2n) is 4.96. The first kappa shape index (κ1) is 12.0. The van der Waals surface area contributed by atoms with Gasteiger partial charge in [0.2, 0.25) is 0 Å². The Hall–Kier alpha value is -0.120. The summed E-state index contributed by atoms with van der Waals surface area (Å²) < 4.78 is 5.36. The maximum atomic E-state index is 5.85. The van der Waals surface area contributed by atoms with E-state index in [2.05, 4.69) is 19.2 Å². The lowest BCUT2D eigenvalue weighted by atomic mass is 9.91. The Bertz CT molecular complexity index is 163. The Morgan fingerprint density at radius 2 is 1.86 bits per heavy atom. The molecule has 1 aliphatic rings. The van der Waals surface area contributed by atoms with Crippen LogP contribution < -0.4 is 11.1 Å². The maximum absolute atomic E-state index is 5.85. The van der Waals surface area contributed by atoms with Crippen LogP contribution in [0.5, 0.6) is 0 Å². The zero-order valence-electron chi connectivity index (χ0n) is 9.68. The van der Waals surface area contributed by atoms with Gasteiger partial charge in [-0.3, -0.25) is 0 Å². The van der Waals surface area contributed by atoms with Gasteiger partial charge in [0.05, 0.1) is 5.60 Å². The van der Waals surface area contributed by atoms with E-state index in [1.807, 2.05) is 0 Å². The van der Waals surface area contributed by atoms with Crippen LogP contribution in [-0.2, 0) is 4.74 Å². The van der Waals surface area contributed by atoms with Crippen LogP contribution in [0.4, 0.5) is 0 Å². The summed E-state index contributed by atoms with van der Waals surface area (Å²) in [6.45, 7) is 5.13. The predicted octanol–water partition coefficient (Wildman–Crippen LogP) is 1.27. The van der Waals surface area contributed by atoms with Gasteiger partial charge in [-0.15, -0.1) is 0 Å². The van der Waals surface area contributed by atoms with E-state index in [0.717, 1.165) is 19.4 Å². The average Bonchev–Trinajstić information content (AvgIpc) is 2.17. The molecule has 0 radical (unpaired) electrons. The number of methoxy groups -OCH3 is 1. The first-order valence-corrected chi connectivity index (χ1v) is 5.57. The molecule has 1 aliphatic carbocycles. The zero-order valence-corrected chi connectivity index (χ0v) is 9.68. The Labute approximate surface area is 87.4 Å². The number of ether oxygens (including phenoxy) is 1. The van der Waals surface area contributed by atoms with Gasteiger partial charge in [-0.1, -0.05) is 0 Å². The molecule has 1 fully saturated rings. The van der Waals surface area contributed by atoms with Crippen molar-refractivity contribution in [3.8, 4) is 0 Å². The second-order valence-corrected chi connectivity index (χ2v) is 4.96. The van der Waals surface area contributed by atoms with E-state index in [1.165, 1.54) is 12.8 Å². The minimum absolute atomic E-state index is 0.0560. The van der Waals surface area contributed by atoms with Crippen LogP contribution in [0.3, 0.4) is 0 Å². The molecule has 0 atom stereocenters. The van der Waals surface area contributed by atoms with Gasteiger partial charge in [0, 0.05) is 25.7 Å². The normalized spacial score (nSPS) is 29.1. The van der Waals surface area contributed by atoms with Crippen LogP contribution in [0, 0.1) is 0 Å². The van der Waals surface area contributed by atoms with Gasteiger partial charge < -0.3 is 15.8 Å². The van der Waals surface area contributed by atoms with Gasteiger partial charge in [0.25, 0.3) is 0 Å². The largest absolute Gasteiger partial charge is 0.377 e. The predicted molar refractivity (Wildman–Crippen MR) is 59.3 cm³/mol. The molecule has 0 bridgehead atoms. The lowest BCUT2D eigenvalue weighted by molar-refractivity contribution is 0.0199. The highest BCUT2D eigenvalue weighted by Gasteiger charge is 2.21. The molecule has 14 heavy (non-hydrogen) atoms. The molecule has 0 heterocycles. The fraction of sp³-hybridized carbons (Fsp3) is 1.00. The topological polar surface area (TPSA) is 47.3 Å². The van der Waals surface area contributed by atoms with E-state index in [4.69, 9.17) is 10.5 Å². The SMILES string of the molecule is COC(C)(C)CNC1CCC(N)CC1. The van der Waals surface area contributed by atoms with Crippen LogP contribution in [-0.4, -0.2) is 31.3 Å². The number of hydrogen-bond acceptors (Lipinski definition) is 3. The average molecular weight is 200 g/mol. The number of nitrogens with two attached hydrogens (primary N) is 1. The Morgan fingerprint density at radius 1 is 1.29 bits per heavy atom. The highest BCUT2D eigenvalue weighted by molar-refractivity contribution is 4.81. The molecule has 3 N–H and O–H groups in total. The summed E-state index contributed by atoms with van der Waals surface area (Å²) in [5, 5.41) is 3.55. The highest BCUT2D eigenvalue weighted by atomic mass is 16.5. The summed E-state index contributed by atoms with van der Waals surface area (Å²) in [6, 6.07) is 1.08. The van der Waals surface area contributed by atoms with Crippen LogP contribution >= 0.6 is 0 Å². The molecular weight excluding hydrogens is 176 g/mol. The van der Waals surface area contributed by atoms with E-state index in [1.54, 1.807) is 7.11 Å². The first-order valence-electron chi connectivity index (χ1n) is 5.57. The van der Waals surface area contributed by atoms with Gasteiger partial charge in [0.15, 0.2) is 0 Å².